The summed E-state index contributed by atoms with van der Waals surface area (Å²) in [5.74, 6) is -0.174. The molecule has 0 amide bonds. The molecule has 1 aliphatic rings. The lowest BCUT2D eigenvalue weighted by atomic mass is 10.2. The van der Waals surface area contributed by atoms with Crippen LogP contribution in [0.1, 0.15) is 12.8 Å². The maximum atomic E-state index is 13.1. The predicted molar refractivity (Wildman–Crippen MR) is 98.1 cm³/mol. The zero-order chi connectivity index (χ0) is 18.3. The number of nitrogens with zero attached hydrogens (tertiary/aromatic N) is 1. The van der Waals surface area contributed by atoms with E-state index in [-0.39, 0.29) is 27.7 Å². The van der Waals surface area contributed by atoms with Crippen LogP contribution in [-0.4, -0.2) is 19.4 Å². The molecule has 1 N–H and O–H groups in total. The molecule has 1 aromatic heterocycles. The molecule has 26 heavy (non-hydrogen) atoms. The Morgan fingerprint density at radius 1 is 1.08 bits per heavy atom. The molecule has 4 rings (SSSR count). The van der Waals surface area contributed by atoms with Gasteiger partial charge in [-0.1, -0.05) is 15.9 Å². The van der Waals surface area contributed by atoms with Crippen LogP contribution in [0.3, 0.4) is 0 Å². The van der Waals surface area contributed by atoms with Crippen LogP contribution in [0.4, 0.5) is 10.3 Å². The minimum atomic E-state index is -3.94. The van der Waals surface area contributed by atoms with Crippen molar-refractivity contribution in [2.75, 3.05) is 5.32 Å². The molecule has 0 unspecified atom stereocenters. The highest BCUT2D eigenvalue weighted by Crippen LogP contribution is 2.35. The average Bonchev–Trinajstić information content (AvgIpc) is 3.32. The van der Waals surface area contributed by atoms with Gasteiger partial charge in [-0.3, -0.25) is 0 Å². The summed E-state index contributed by atoms with van der Waals surface area (Å²) in [4.78, 5) is 4.20. The molecular formula is C18H14BrFN2O3S. The summed E-state index contributed by atoms with van der Waals surface area (Å²) in [7, 11) is -3.94. The van der Waals surface area contributed by atoms with Crippen molar-refractivity contribution in [3.63, 3.8) is 0 Å². The number of anilines is 1. The molecule has 1 heterocycles. The van der Waals surface area contributed by atoms with Crippen LogP contribution in [0.5, 0.6) is 0 Å². The number of hydrogen-bond acceptors (Lipinski definition) is 5. The number of oxazole rings is 1. The van der Waals surface area contributed by atoms with Crippen LogP contribution in [0.15, 0.2) is 67.3 Å². The molecule has 0 spiro atoms. The van der Waals surface area contributed by atoms with Gasteiger partial charge in [0, 0.05) is 16.1 Å². The second kappa shape index (κ2) is 6.51. The minimum Gasteiger partial charge on any atom is -0.419 e. The molecule has 134 valence electrons. The highest BCUT2D eigenvalue weighted by Gasteiger charge is 2.32. The van der Waals surface area contributed by atoms with E-state index in [9.17, 15) is 12.8 Å². The Morgan fingerprint density at radius 2 is 1.73 bits per heavy atom. The average molecular weight is 437 g/mol. The standard InChI is InChI=1S/C18H14BrFN2O3S/c19-12-3-1-11(2-4-12)16-22-18(17(25-16)21-14-7-8-14)26(23,24)15-9-5-13(20)6-10-15/h1-6,9-10,14,21H,7-8H2. The van der Waals surface area contributed by atoms with Gasteiger partial charge in [-0.25, -0.2) is 12.8 Å². The van der Waals surface area contributed by atoms with Crippen molar-refractivity contribution in [1.82, 2.24) is 4.98 Å². The van der Waals surface area contributed by atoms with Crippen LogP contribution in [0.2, 0.25) is 0 Å². The van der Waals surface area contributed by atoms with E-state index in [0.29, 0.717) is 5.56 Å². The van der Waals surface area contributed by atoms with E-state index in [1.54, 1.807) is 12.1 Å². The first kappa shape index (κ1) is 17.2. The summed E-state index contributed by atoms with van der Waals surface area (Å²) >= 11 is 3.36. The van der Waals surface area contributed by atoms with Crippen LogP contribution >= 0.6 is 15.9 Å². The zero-order valence-electron chi connectivity index (χ0n) is 13.4. The molecule has 1 saturated carbocycles. The Balaban J connectivity index is 1.80. The van der Waals surface area contributed by atoms with E-state index < -0.39 is 15.7 Å². The molecule has 0 aliphatic heterocycles. The van der Waals surface area contributed by atoms with Gasteiger partial charge < -0.3 is 9.73 Å². The first-order chi connectivity index (χ1) is 12.4. The molecule has 0 radical (unpaired) electrons. The number of sulfone groups is 1. The van der Waals surface area contributed by atoms with Crippen LogP contribution in [0.25, 0.3) is 11.5 Å². The Morgan fingerprint density at radius 3 is 2.35 bits per heavy atom. The van der Waals surface area contributed by atoms with E-state index in [0.717, 1.165) is 29.4 Å². The van der Waals surface area contributed by atoms with E-state index in [2.05, 4.69) is 26.2 Å². The molecule has 1 fully saturated rings. The third-order valence-electron chi connectivity index (χ3n) is 3.98. The third-order valence-corrected chi connectivity index (χ3v) is 6.19. The summed E-state index contributed by atoms with van der Waals surface area (Å²) in [6, 6.07) is 12.1. The first-order valence-electron chi connectivity index (χ1n) is 7.97. The fraction of sp³-hybridized carbons (Fsp3) is 0.167. The SMILES string of the molecule is O=S(=O)(c1ccc(F)cc1)c1nc(-c2ccc(Br)cc2)oc1NC1CC1. The van der Waals surface area contributed by atoms with Gasteiger partial charge in [0.25, 0.3) is 0 Å². The Labute approximate surface area is 158 Å². The quantitative estimate of drug-likeness (QED) is 0.589. The fourth-order valence-corrected chi connectivity index (χ4v) is 3.96. The van der Waals surface area contributed by atoms with Gasteiger partial charge in [-0.05, 0) is 61.4 Å². The Bertz CT molecular complexity index is 1040. The van der Waals surface area contributed by atoms with Crippen molar-refractivity contribution in [3.8, 4) is 11.5 Å². The lowest BCUT2D eigenvalue weighted by Crippen LogP contribution is -2.08. The summed E-state index contributed by atoms with van der Waals surface area (Å²) in [5.41, 5.74) is 0.660. The largest absolute Gasteiger partial charge is 0.419 e. The fourth-order valence-electron chi connectivity index (χ4n) is 2.43. The number of nitrogens with one attached hydrogen (secondary N) is 1. The van der Waals surface area contributed by atoms with Gasteiger partial charge in [0.15, 0.2) is 0 Å². The summed E-state index contributed by atoms with van der Waals surface area (Å²) < 4.78 is 45.7. The number of halogens is 2. The van der Waals surface area contributed by atoms with Crippen molar-refractivity contribution < 1.29 is 17.2 Å². The Kier molecular flexibility index (Phi) is 4.32. The smallest absolute Gasteiger partial charge is 0.234 e. The van der Waals surface area contributed by atoms with E-state index >= 15 is 0 Å². The lowest BCUT2D eigenvalue weighted by Gasteiger charge is -2.04. The number of benzene rings is 2. The van der Waals surface area contributed by atoms with Gasteiger partial charge in [-0.15, -0.1) is 0 Å². The van der Waals surface area contributed by atoms with Crippen LogP contribution in [-0.2, 0) is 9.84 Å². The van der Waals surface area contributed by atoms with Crippen molar-refractivity contribution in [1.29, 1.82) is 0 Å². The normalized spacial score (nSPS) is 14.4. The number of aromatic nitrogens is 1. The molecular weight excluding hydrogens is 423 g/mol. The van der Waals surface area contributed by atoms with Crippen molar-refractivity contribution in [3.05, 3.63) is 58.8 Å². The highest BCUT2D eigenvalue weighted by molar-refractivity contribution is 9.10. The summed E-state index contributed by atoms with van der Waals surface area (Å²) in [6.45, 7) is 0. The summed E-state index contributed by atoms with van der Waals surface area (Å²) in [6.07, 6.45) is 1.90. The third kappa shape index (κ3) is 3.39. The molecule has 3 aromatic rings. The van der Waals surface area contributed by atoms with Crippen LogP contribution < -0.4 is 5.32 Å². The monoisotopic (exact) mass is 436 g/mol. The maximum Gasteiger partial charge on any atom is 0.234 e. The van der Waals surface area contributed by atoms with Gasteiger partial charge in [0.05, 0.1) is 4.90 Å². The summed E-state index contributed by atoms with van der Waals surface area (Å²) in [5, 5.41) is 2.90. The number of hydrogen-bond donors (Lipinski definition) is 1. The lowest BCUT2D eigenvalue weighted by molar-refractivity contribution is 0.576. The molecule has 0 bridgehead atoms. The van der Waals surface area contributed by atoms with Gasteiger partial charge in [-0.2, -0.15) is 4.98 Å². The maximum absolute atomic E-state index is 13.1. The second-order valence-electron chi connectivity index (χ2n) is 6.04. The van der Waals surface area contributed by atoms with Gasteiger partial charge in [0.2, 0.25) is 26.6 Å². The van der Waals surface area contributed by atoms with Crippen LogP contribution in [0, 0.1) is 5.82 Å². The molecule has 0 atom stereocenters. The van der Waals surface area contributed by atoms with Gasteiger partial charge >= 0.3 is 0 Å². The highest BCUT2D eigenvalue weighted by atomic mass is 79.9. The topological polar surface area (TPSA) is 72.2 Å². The van der Waals surface area contributed by atoms with Crippen molar-refractivity contribution in [2.45, 2.75) is 28.8 Å². The van der Waals surface area contributed by atoms with E-state index in [1.165, 1.54) is 12.1 Å². The molecule has 8 heteroatoms. The van der Waals surface area contributed by atoms with Crippen molar-refractivity contribution >= 4 is 31.7 Å². The Hall–Kier alpha value is -2.19. The van der Waals surface area contributed by atoms with Crippen molar-refractivity contribution in [2.24, 2.45) is 0 Å². The molecule has 0 saturated heterocycles. The molecule has 1 aliphatic carbocycles. The minimum absolute atomic E-state index is 0.0339. The molecule has 5 nitrogen and oxygen atoms in total. The van der Waals surface area contributed by atoms with E-state index in [4.69, 9.17) is 4.42 Å². The van der Waals surface area contributed by atoms with Gasteiger partial charge in [0.1, 0.15) is 5.82 Å². The number of rotatable bonds is 5. The second-order valence-corrected chi connectivity index (χ2v) is 8.82. The molecule has 2 aromatic carbocycles. The predicted octanol–water partition coefficient (Wildman–Crippen LogP) is 4.65. The zero-order valence-corrected chi connectivity index (χ0v) is 15.8. The van der Waals surface area contributed by atoms with E-state index in [1.807, 2.05) is 12.1 Å². The first-order valence-corrected chi connectivity index (χ1v) is 10.2.